The van der Waals surface area contributed by atoms with Crippen LogP contribution in [0.2, 0.25) is 0 Å². The number of anilines is 2. The largest absolute Gasteiger partial charge is 0.508 e. The van der Waals surface area contributed by atoms with E-state index in [1.807, 2.05) is 24.3 Å². The summed E-state index contributed by atoms with van der Waals surface area (Å²) in [4.78, 5) is 76.2. The molecule has 3 N–H and O–H groups in total. The topological polar surface area (TPSA) is 177 Å². The van der Waals surface area contributed by atoms with Gasteiger partial charge in [0.05, 0.1) is 23.1 Å². The molecule has 2 aliphatic carbocycles. The zero-order valence-electron chi connectivity index (χ0n) is 39.3. The van der Waals surface area contributed by atoms with Crippen LogP contribution >= 0.6 is 0 Å². The molecule has 17 heteroatoms. The molecule has 5 saturated heterocycles. The number of carbonyl (C=O) groups excluding carboxylic acids is 4. The summed E-state index contributed by atoms with van der Waals surface area (Å²) in [7, 11) is 0. The Bertz CT molecular complexity index is 3010. The van der Waals surface area contributed by atoms with E-state index in [1.54, 1.807) is 30.5 Å². The van der Waals surface area contributed by atoms with E-state index in [1.165, 1.54) is 0 Å². The number of piperidine rings is 2. The first-order valence-electron chi connectivity index (χ1n) is 25.3. The number of hydrogen-bond acceptors (Lipinski definition) is 14. The number of nitrogens with one attached hydrogen (secondary N) is 2. The fourth-order valence-electron chi connectivity index (χ4n) is 13.0. The summed E-state index contributed by atoms with van der Waals surface area (Å²) in [5.41, 5.74) is 3.42. The van der Waals surface area contributed by atoms with Crippen LogP contribution in [0.3, 0.4) is 0 Å². The first kappa shape index (κ1) is 43.7. The van der Waals surface area contributed by atoms with Gasteiger partial charge < -0.3 is 29.9 Å². The number of pyridine rings is 1. The number of likely N-dealkylation sites (tertiary alicyclic amines) is 1. The van der Waals surface area contributed by atoms with Gasteiger partial charge in [0.2, 0.25) is 11.8 Å². The Labute approximate surface area is 404 Å². The average molecular weight is 949 g/mol. The molecule has 2 bridgehead atoms. The molecule has 362 valence electrons. The number of halogens is 1. The van der Waals surface area contributed by atoms with Crippen LogP contribution in [0.15, 0.2) is 54.7 Å². The lowest BCUT2D eigenvalue weighted by molar-refractivity contribution is -0.136. The number of piperazine rings is 2. The van der Waals surface area contributed by atoms with E-state index in [-0.39, 0.29) is 41.2 Å². The normalized spacial score (nSPS) is 27.1. The monoisotopic (exact) mass is 948 g/mol. The van der Waals surface area contributed by atoms with Crippen molar-refractivity contribution in [1.82, 2.24) is 40.3 Å². The molecule has 6 atom stereocenters. The number of nitrogens with zero attached hydrogens (tertiary/aromatic N) is 8. The smallest absolute Gasteiger partial charge is 0.319 e. The lowest BCUT2D eigenvalue weighted by Gasteiger charge is -2.36. The van der Waals surface area contributed by atoms with Gasteiger partial charge >= 0.3 is 6.01 Å². The van der Waals surface area contributed by atoms with E-state index in [0.717, 1.165) is 124 Å². The van der Waals surface area contributed by atoms with E-state index in [2.05, 4.69) is 37.2 Å². The molecule has 5 aromatic rings. The van der Waals surface area contributed by atoms with E-state index in [0.29, 0.717) is 64.3 Å². The molecule has 0 radical (unpaired) electrons. The highest BCUT2D eigenvalue weighted by molar-refractivity contribution is 6.23. The second kappa shape index (κ2) is 16.7. The molecule has 0 spiro atoms. The second-order valence-corrected chi connectivity index (χ2v) is 21.4. The summed E-state index contributed by atoms with van der Waals surface area (Å²) < 4.78 is 23.7. The van der Waals surface area contributed by atoms with Crippen LogP contribution in [0.25, 0.3) is 32.9 Å². The molecule has 6 aliphatic heterocycles. The number of aromatic hydroxyl groups is 1. The molecule has 4 amide bonds. The lowest BCUT2D eigenvalue weighted by Crippen LogP contribution is -2.54. The molecule has 4 unspecified atom stereocenters. The van der Waals surface area contributed by atoms with Gasteiger partial charge in [-0.25, -0.2) is 4.39 Å². The first-order valence-corrected chi connectivity index (χ1v) is 25.3. The van der Waals surface area contributed by atoms with Gasteiger partial charge in [-0.3, -0.25) is 39.3 Å². The van der Waals surface area contributed by atoms with Gasteiger partial charge in [0, 0.05) is 107 Å². The maximum absolute atomic E-state index is 17.2. The van der Waals surface area contributed by atoms with Gasteiger partial charge in [-0.05, 0) is 103 Å². The molecule has 16 nitrogen and oxygen atoms in total. The van der Waals surface area contributed by atoms with Crippen LogP contribution in [0.5, 0.6) is 11.8 Å². The van der Waals surface area contributed by atoms with Crippen molar-refractivity contribution < 1.29 is 33.4 Å². The number of hydrogen-bond donors (Lipinski definition) is 3. The zero-order chi connectivity index (χ0) is 47.6. The van der Waals surface area contributed by atoms with Gasteiger partial charge in [0.1, 0.15) is 28.8 Å². The van der Waals surface area contributed by atoms with Gasteiger partial charge in [0.15, 0.2) is 5.82 Å². The number of benzene rings is 3. The van der Waals surface area contributed by atoms with Crippen LogP contribution in [0.4, 0.5) is 15.9 Å². The van der Waals surface area contributed by atoms with Crippen molar-refractivity contribution in [3.05, 3.63) is 77.2 Å². The SMILES string of the molecule is CCc1cccc2cc(O)cc(-c3ncc4c(N5CC6CCC(C5)N6)nc(OCC5(CN6C[C@@H]7C(CN8CCN(c9ccc%10c(c9)C(=O)N(C9CCC(=O)NC9=O)C%10=O)CC8)[C@@H]7C6)CC5)nc4c3F)c12. The summed E-state index contributed by atoms with van der Waals surface area (Å²) in [6.45, 7) is 11.7. The molecule has 7 fully saturated rings. The number of ether oxygens (including phenoxy) is 1. The molecule has 13 rings (SSSR count). The predicted octanol–water partition coefficient (Wildman–Crippen LogP) is 4.75. The summed E-state index contributed by atoms with van der Waals surface area (Å²) in [6, 6.07) is 14.5. The number of aromatic nitrogens is 3. The van der Waals surface area contributed by atoms with Crippen LogP contribution in [0, 0.1) is 29.0 Å². The predicted molar refractivity (Wildman–Crippen MR) is 259 cm³/mol. The van der Waals surface area contributed by atoms with Crippen molar-refractivity contribution in [2.45, 2.75) is 70.0 Å². The van der Waals surface area contributed by atoms with E-state index in [4.69, 9.17) is 19.7 Å². The fraction of sp³-hybridized carbons (Fsp3) is 0.491. The maximum atomic E-state index is 17.2. The van der Waals surface area contributed by atoms with Crippen molar-refractivity contribution in [3.8, 4) is 23.0 Å². The molecule has 2 aromatic heterocycles. The number of imide groups is 2. The maximum Gasteiger partial charge on any atom is 0.319 e. The van der Waals surface area contributed by atoms with Crippen molar-refractivity contribution in [3.63, 3.8) is 0 Å². The Hall–Kier alpha value is -6.30. The van der Waals surface area contributed by atoms with Gasteiger partial charge in [-0.2, -0.15) is 9.97 Å². The van der Waals surface area contributed by atoms with Gasteiger partial charge in [-0.15, -0.1) is 0 Å². The minimum absolute atomic E-state index is 0.00685. The van der Waals surface area contributed by atoms with Crippen LogP contribution < -0.4 is 25.2 Å². The fourth-order valence-corrected chi connectivity index (χ4v) is 13.0. The Balaban J connectivity index is 0.649. The summed E-state index contributed by atoms with van der Waals surface area (Å²) in [5.74, 6) is 0.246. The van der Waals surface area contributed by atoms with Gasteiger partial charge in [0.25, 0.3) is 11.8 Å². The number of phenols is 1. The zero-order valence-corrected chi connectivity index (χ0v) is 39.3. The number of aryl methyl sites for hydroxylation is 1. The number of rotatable bonds is 12. The average Bonchev–Trinajstić information content (AvgIpc) is 4.12. The molecule has 8 aliphatic rings. The highest BCUT2D eigenvalue weighted by Crippen LogP contribution is 2.55. The molecule has 2 saturated carbocycles. The highest BCUT2D eigenvalue weighted by atomic mass is 19.1. The third kappa shape index (κ3) is 7.53. The quantitative estimate of drug-likeness (QED) is 0.146. The molecular formula is C53H57FN10O6. The number of phenolic OH excluding ortho intramolecular Hbond substituents is 1. The molecule has 3 aromatic carbocycles. The number of amides is 4. The lowest BCUT2D eigenvalue weighted by atomic mass is 9.95. The summed E-state index contributed by atoms with van der Waals surface area (Å²) in [5, 5.41) is 19.0. The third-order valence-electron chi connectivity index (χ3n) is 16.9. The Morgan fingerprint density at radius 2 is 1.61 bits per heavy atom. The second-order valence-electron chi connectivity index (χ2n) is 21.4. The minimum atomic E-state index is -0.977. The summed E-state index contributed by atoms with van der Waals surface area (Å²) >= 11 is 0. The van der Waals surface area contributed by atoms with Crippen molar-refractivity contribution in [1.29, 1.82) is 0 Å². The number of fused-ring (bicyclic) bond motifs is 6. The Morgan fingerprint density at radius 3 is 2.36 bits per heavy atom. The standard InChI is InChI=1S/C53H57FN10O6/c1-2-29-4-3-5-30-18-34(65)20-37(44(29)30)46-45(54)47-38(21-55-46)48(63-22-31-6-7-32(23-63)56-31)59-52(58-47)70-28-53(12-13-53)27-61-25-40-39(41(40)26-61)24-60-14-16-62(17-15-60)33-8-9-35-36(19-33)51(69)64(50(35)68)42-10-11-43(66)57-49(42)67/h3-5,8-9,18-21,31-32,39-42,56,65H,2,6-7,10-17,22-28H2,1H3,(H,57,66,67)/t31?,32?,39?,40-,41+,42?. The van der Waals surface area contributed by atoms with E-state index < -0.39 is 35.5 Å². The van der Waals surface area contributed by atoms with Crippen LogP contribution in [-0.4, -0.2) is 149 Å². The Morgan fingerprint density at radius 1 is 0.843 bits per heavy atom. The van der Waals surface area contributed by atoms with Crippen LogP contribution in [0.1, 0.15) is 71.7 Å². The number of carbonyl (C=O) groups is 4. The molecule has 8 heterocycles. The molecular weight excluding hydrogens is 892 g/mol. The first-order chi connectivity index (χ1) is 34.0. The van der Waals surface area contributed by atoms with Gasteiger partial charge in [-0.1, -0.05) is 25.1 Å². The third-order valence-corrected chi connectivity index (χ3v) is 16.9. The van der Waals surface area contributed by atoms with E-state index >= 15 is 4.39 Å². The highest BCUT2D eigenvalue weighted by Gasteiger charge is 2.57. The Kier molecular flexibility index (Phi) is 10.4. The van der Waals surface area contributed by atoms with Crippen molar-refractivity contribution in [2.24, 2.45) is 23.2 Å². The van der Waals surface area contributed by atoms with E-state index in [9.17, 15) is 24.3 Å². The summed E-state index contributed by atoms with van der Waals surface area (Å²) in [6.07, 6.45) is 6.98. The van der Waals surface area contributed by atoms with Crippen molar-refractivity contribution in [2.75, 3.05) is 81.9 Å². The van der Waals surface area contributed by atoms with Crippen LogP contribution in [-0.2, 0) is 16.0 Å². The molecule has 70 heavy (non-hydrogen) atoms. The minimum Gasteiger partial charge on any atom is -0.508 e. The van der Waals surface area contributed by atoms with Crippen molar-refractivity contribution >= 4 is 56.8 Å².